The predicted octanol–water partition coefficient (Wildman–Crippen LogP) is 3.44. The molecule has 0 aliphatic heterocycles. The first-order valence-corrected chi connectivity index (χ1v) is 9.92. The van der Waals surface area contributed by atoms with Gasteiger partial charge in [-0.3, -0.25) is 13.9 Å². The average molecular weight is 430 g/mol. The molecule has 0 fully saturated rings. The molecule has 0 bridgehead atoms. The second kappa shape index (κ2) is 7.73. The number of hydrogen-bond acceptors (Lipinski definition) is 6. The van der Waals surface area contributed by atoms with E-state index in [0.29, 0.717) is 5.58 Å². The van der Waals surface area contributed by atoms with Gasteiger partial charge in [0.15, 0.2) is 0 Å². The lowest BCUT2D eigenvalue weighted by Crippen LogP contribution is -2.38. The first kappa shape index (κ1) is 19.6. The van der Waals surface area contributed by atoms with E-state index in [9.17, 15) is 14.4 Å². The Balaban J connectivity index is 1.43. The maximum absolute atomic E-state index is 12.9. The van der Waals surface area contributed by atoms with Crippen LogP contribution in [0.4, 0.5) is 0 Å². The summed E-state index contributed by atoms with van der Waals surface area (Å²) in [6.45, 7) is 0.117. The minimum Gasteiger partial charge on any atom is -0.464 e. The highest BCUT2D eigenvalue weighted by Crippen LogP contribution is 2.19. The third-order valence-corrected chi connectivity index (χ3v) is 5.29. The minimum atomic E-state index is -0.734. The van der Waals surface area contributed by atoms with Crippen molar-refractivity contribution < 1.29 is 18.4 Å². The summed E-state index contributed by atoms with van der Waals surface area (Å²) in [5.74, 6) is -0.883. The highest BCUT2D eigenvalue weighted by molar-refractivity contribution is 5.91. The summed E-state index contributed by atoms with van der Waals surface area (Å²) < 4.78 is 18.5. The van der Waals surface area contributed by atoms with Gasteiger partial charge in [0.1, 0.15) is 17.6 Å². The van der Waals surface area contributed by atoms with Crippen LogP contribution in [0, 0.1) is 0 Å². The van der Waals surface area contributed by atoms with Gasteiger partial charge in [-0.2, -0.15) is 0 Å². The number of benzene rings is 2. The number of carbonyl (C=O) groups excluding carboxylic acids is 1. The Labute approximate surface area is 180 Å². The van der Waals surface area contributed by atoms with Crippen molar-refractivity contribution >= 4 is 28.0 Å². The molecule has 0 amide bonds. The maximum atomic E-state index is 12.9. The molecule has 0 atom stereocenters. The molecule has 3 heterocycles. The number of esters is 1. The molecular formula is C24H18N2O6. The zero-order valence-electron chi connectivity index (χ0n) is 17.1. The maximum Gasteiger partial charge on any atom is 0.374 e. The van der Waals surface area contributed by atoms with Crippen molar-refractivity contribution in [2.75, 3.05) is 0 Å². The van der Waals surface area contributed by atoms with Crippen LogP contribution >= 0.6 is 0 Å². The lowest BCUT2D eigenvalue weighted by molar-refractivity contribution is 0.0438. The van der Waals surface area contributed by atoms with Crippen molar-refractivity contribution in [2.24, 2.45) is 7.05 Å². The van der Waals surface area contributed by atoms with Crippen LogP contribution in [0.1, 0.15) is 21.7 Å². The molecule has 0 aliphatic carbocycles. The Morgan fingerprint density at radius 3 is 2.62 bits per heavy atom. The van der Waals surface area contributed by atoms with E-state index in [0.717, 1.165) is 21.1 Å². The summed E-state index contributed by atoms with van der Waals surface area (Å²) in [5, 5.41) is 1.08. The van der Waals surface area contributed by atoms with Crippen LogP contribution in [-0.4, -0.2) is 15.1 Å². The Kier molecular flexibility index (Phi) is 4.74. The fraction of sp³-hybridized carbons (Fsp3) is 0.125. The SMILES string of the molecule is Cn1c(=O)n(Cc2ccccc2)c(=O)c2cc(C(=O)OCc3ccc4ccoc4c3)oc21. The smallest absolute Gasteiger partial charge is 0.374 e. The van der Waals surface area contributed by atoms with Crippen LogP contribution in [0.2, 0.25) is 0 Å². The first-order valence-electron chi connectivity index (χ1n) is 9.92. The van der Waals surface area contributed by atoms with Crippen molar-refractivity contribution in [3.63, 3.8) is 0 Å². The van der Waals surface area contributed by atoms with Crippen LogP contribution in [0.3, 0.4) is 0 Å². The van der Waals surface area contributed by atoms with E-state index < -0.39 is 17.2 Å². The average Bonchev–Trinajstić information content (AvgIpc) is 3.47. The Morgan fingerprint density at radius 2 is 1.81 bits per heavy atom. The normalized spacial score (nSPS) is 11.3. The second-order valence-electron chi connectivity index (χ2n) is 7.42. The van der Waals surface area contributed by atoms with Crippen LogP contribution in [0.15, 0.2) is 85.4 Å². The fourth-order valence-corrected chi connectivity index (χ4v) is 3.60. The summed E-state index contributed by atoms with van der Waals surface area (Å²) in [4.78, 5) is 38.2. The van der Waals surface area contributed by atoms with Gasteiger partial charge in [0.25, 0.3) is 5.56 Å². The summed E-state index contributed by atoms with van der Waals surface area (Å²) in [6, 6.07) is 17.8. The standard InChI is InChI=1S/C24H18N2O6/c1-25-22-18(21(27)26(24(25)29)13-15-5-3-2-4-6-15)12-20(32-22)23(28)31-14-16-7-8-17-9-10-30-19(17)11-16/h2-12H,13-14H2,1H3. The molecular weight excluding hydrogens is 412 g/mol. The Bertz CT molecular complexity index is 1570. The first-order chi connectivity index (χ1) is 15.5. The van der Waals surface area contributed by atoms with Gasteiger partial charge in [0, 0.05) is 18.5 Å². The van der Waals surface area contributed by atoms with E-state index in [-0.39, 0.29) is 30.0 Å². The van der Waals surface area contributed by atoms with Gasteiger partial charge in [-0.25, -0.2) is 9.59 Å². The number of aromatic nitrogens is 2. The van der Waals surface area contributed by atoms with E-state index >= 15 is 0 Å². The second-order valence-corrected chi connectivity index (χ2v) is 7.42. The molecule has 160 valence electrons. The van der Waals surface area contributed by atoms with Gasteiger partial charge in [-0.05, 0) is 23.3 Å². The number of carbonyl (C=O) groups is 1. The molecule has 0 radical (unpaired) electrons. The van der Waals surface area contributed by atoms with Crippen molar-refractivity contribution in [1.29, 1.82) is 0 Å². The third kappa shape index (κ3) is 3.41. The lowest BCUT2D eigenvalue weighted by Gasteiger charge is -2.07. The third-order valence-electron chi connectivity index (χ3n) is 5.29. The molecule has 0 saturated heterocycles. The molecule has 0 saturated carbocycles. The van der Waals surface area contributed by atoms with E-state index in [1.165, 1.54) is 17.7 Å². The summed E-state index contributed by atoms with van der Waals surface area (Å²) >= 11 is 0. The number of nitrogens with zero attached hydrogens (tertiary/aromatic N) is 2. The quantitative estimate of drug-likeness (QED) is 0.396. The van der Waals surface area contributed by atoms with Crippen molar-refractivity contribution in [2.45, 2.75) is 13.2 Å². The van der Waals surface area contributed by atoms with Gasteiger partial charge in [0.05, 0.1) is 12.8 Å². The molecule has 0 aliphatic rings. The van der Waals surface area contributed by atoms with Crippen LogP contribution in [0.25, 0.3) is 22.1 Å². The summed E-state index contributed by atoms with van der Waals surface area (Å²) in [5.41, 5.74) is 1.20. The minimum absolute atomic E-state index is 0.00366. The number of fused-ring (bicyclic) bond motifs is 2. The lowest BCUT2D eigenvalue weighted by atomic mass is 10.2. The molecule has 8 heteroatoms. The van der Waals surface area contributed by atoms with Crippen molar-refractivity contribution in [1.82, 2.24) is 9.13 Å². The number of hydrogen-bond donors (Lipinski definition) is 0. The summed E-state index contributed by atoms with van der Waals surface area (Å²) in [6.07, 6.45) is 1.59. The predicted molar refractivity (Wildman–Crippen MR) is 117 cm³/mol. The van der Waals surface area contributed by atoms with Crippen molar-refractivity contribution in [3.8, 4) is 0 Å². The molecule has 8 nitrogen and oxygen atoms in total. The number of furan rings is 2. The molecule has 2 aromatic carbocycles. The van der Waals surface area contributed by atoms with Crippen LogP contribution in [0.5, 0.6) is 0 Å². The van der Waals surface area contributed by atoms with Crippen LogP contribution in [-0.2, 0) is 24.9 Å². The van der Waals surface area contributed by atoms with Gasteiger partial charge in [-0.15, -0.1) is 0 Å². The monoisotopic (exact) mass is 430 g/mol. The van der Waals surface area contributed by atoms with E-state index in [1.807, 2.05) is 48.5 Å². The largest absolute Gasteiger partial charge is 0.464 e. The van der Waals surface area contributed by atoms with Crippen LogP contribution < -0.4 is 11.2 Å². The van der Waals surface area contributed by atoms with E-state index in [1.54, 1.807) is 12.3 Å². The zero-order valence-corrected chi connectivity index (χ0v) is 17.1. The highest BCUT2D eigenvalue weighted by atomic mass is 16.5. The molecule has 32 heavy (non-hydrogen) atoms. The number of aryl methyl sites for hydroxylation is 1. The Hall–Kier alpha value is -4.33. The van der Waals surface area contributed by atoms with Gasteiger partial charge in [-0.1, -0.05) is 42.5 Å². The van der Waals surface area contributed by atoms with Crippen molar-refractivity contribution in [3.05, 3.63) is 105 Å². The van der Waals surface area contributed by atoms with E-state index in [4.69, 9.17) is 13.6 Å². The zero-order chi connectivity index (χ0) is 22.2. The molecule has 5 aromatic rings. The summed E-state index contributed by atoms with van der Waals surface area (Å²) in [7, 11) is 1.49. The number of rotatable bonds is 5. The highest BCUT2D eigenvalue weighted by Gasteiger charge is 2.20. The van der Waals surface area contributed by atoms with Gasteiger partial charge >= 0.3 is 11.7 Å². The molecule has 0 spiro atoms. The molecule has 5 rings (SSSR count). The van der Waals surface area contributed by atoms with Gasteiger partial charge in [0.2, 0.25) is 11.5 Å². The molecule has 0 unspecified atom stereocenters. The Morgan fingerprint density at radius 1 is 1.00 bits per heavy atom. The molecule has 0 N–H and O–H groups in total. The fourth-order valence-electron chi connectivity index (χ4n) is 3.60. The van der Waals surface area contributed by atoms with E-state index in [2.05, 4.69) is 0 Å². The number of ether oxygens (including phenoxy) is 1. The topological polar surface area (TPSA) is 96.6 Å². The van der Waals surface area contributed by atoms with Gasteiger partial charge < -0.3 is 13.6 Å². The molecule has 3 aromatic heterocycles.